The van der Waals surface area contributed by atoms with Crippen LogP contribution in [0.15, 0.2) is 35.6 Å². The lowest BCUT2D eigenvalue weighted by Crippen LogP contribution is -2.41. The van der Waals surface area contributed by atoms with E-state index in [0.29, 0.717) is 30.9 Å². The topological polar surface area (TPSA) is 40.5 Å². The highest BCUT2D eigenvalue weighted by Gasteiger charge is 2.34. The minimum absolute atomic E-state index is 0.0961. The number of halogens is 1. The van der Waals surface area contributed by atoms with Crippen LogP contribution in [0.5, 0.6) is 0 Å². The molecule has 0 fully saturated rings. The van der Waals surface area contributed by atoms with Crippen molar-refractivity contribution >= 4 is 5.91 Å². The molecule has 0 saturated heterocycles. The monoisotopic (exact) mass is 305 g/mol. The first-order valence-corrected chi connectivity index (χ1v) is 7.91. The van der Waals surface area contributed by atoms with Crippen LogP contribution in [-0.4, -0.2) is 22.5 Å². The molecule has 4 heteroatoms. The molecular weight excluding hydrogens is 281 g/mol. The van der Waals surface area contributed by atoms with Crippen LogP contribution in [0.3, 0.4) is 0 Å². The molecule has 1 atom stereocenters. The summed E-state index contributed by atoms with van der Waals surface area (Å²) in [6, 6.07) is 5.97. The number of hydrogen-bond donors (Lipinski definition) is 1. The number of carbonyl (C=O) groups excluding carboxylic acids is 1. The van der Waals surface area contributed by atoms with Gasteiger partial charge in [-0.05, 0) is 36.5 Å². The van der Waals surface area contributed by atoms with Gasteiger partial charge in [0.25, 0.3) is 5.91 Å². The molecule has 3 nitrogen and oxygen atoms in total. The van der Waals surface area contributed by atoms with Crippen LogP contribution in [0.1, 0.15) is 51.6 Å². The number of carbonyl (C=O) groups is 1. The third-order valence-electron chi connectivity index (χ3n) is 4.19. The van der Waals surface area contributed by atoms with Crippen molar-refractivity contribution in [3.63, 3.8) is 0 Å². The number of amides is 1. The number of rotatable bonds is 5. The Morgan fingerprint density at radius 2 is 1.95 bits per heavy atom. The maximum absolute atomic E-state index is 13.1. The molecule has 0 bridgehead atoms. The van der Waals surface area contributed by atoms with Crippen molar-refractivity contribution in [2.24, 2.45) is 5.92 Å². The van der Waals surface area contributed by atoms with Gasteiger partial charge in [-0.15, -0.1) is 0 Å². The molecule has 1 aromatic carbocycles. The van der Waals surface area contributed by atoms with Gasteiger partial charge >= 0.3 is 0 Å². The van der Waals surface area contributed by atoms with Crippen LogP contribution < -0.4 is 0 Å². The SMILES string of the molecule is CCC1=C(O)CC(c2ccc(F)cc2)N(CCC(C)C)C1=O. The van der Waals surface area contributed by atoms with Crippen LogP contribution in [-0.2, 0) is 4.79 Å². The minimum Gasteiger partial charge on any atom is -0.512 e. The second-order valence-electron chi connectivity index (χ2n) is 6.23. The molecule has 0 radical (unpaired) electrons. The summed E-state index contributed by atoms with van der Waals surface area (Å²) >= 11 is 0. The Bertz CT molecular complexity index is 563. The fourth-order valence-electron chi connectivity index (χ4n) is 2.85. The predicted molar refractivity (Wildman–Crippen MR) is 84.9 cm³/mol. The average Bonchev–Trinajstić information content (AvgIpc) is 2.47. The van der Waals surface area contributed by atoms with Crippen LogP contribution in [0.4, 0.5) is 4.39 Å². The van der Waals surface area contributed by atoms with E-state index in [1.165, 1.54) is 12.1 Å². The number of hydrogen-bond acceptors (Lipinski definition) is 2. The van der Waals surface area contributed by atoms with E-state index in [0.717, 1.165) is 12.0 Å². The lowest BCUT2D eigenvalue weighted by Gasteiger charge is -2.37. The zero-order chi connectivity index (χ0) is 16.3. The fourth-order valence-corrected chi connectivity index (χ4v) is 2.85. The zero-order valence-corrected chi connectivity index (χ0v) is 13.5. The van der Waals surface area contributed by atoms with Crippen LogP contribution in [0.2, 0.25) is 0 Å². The van der Waals surface area contributed by atoms with Crippen LogP contribution in [0.25, 0.3) is 0 Å². The minimum atomic E-state index is -0.298. The molecule has 1 aromatic rings. The van der Waals surface area contributed by atoms with E-state index >= 15 is 0 Å². The maximum atomic E-state index is 13.1. The van der Waals surface area contributed by atoms with Gasteiger partial charge in [0, 0.05) is 13.0 Å². The van der Waals surface area contributed by atoms with Gasteiger partial charge in [0.2, 0.25) is 0 Å². The Balaban J connectivity index is 2.33. The Morgan fingerprint density at radius 1 is 1.32 bits per heavy atom. The highest BCUT2D eigenvalue weighted by atomic mass is 19.1. The molecule has 1 heterocycles. The number of aliphatic hydroxyl groups is 1. The third-order valence-corrected chi connectivity index (χ3v) is 4.19. The van der Waals surface area contributed by atoms with E-state index in [1.54, 1.807) is 12.1 Å². The first kappa shape index (κ1) is 16.5. The largest absolute Gasteiger partial charge is 0.512 e. The number of aliphatic hydroxyl groups excluding tert-OH is 1. The van der Waals surface area contributed by atoms with E-state index in [2.05, 4.69) is 13.8 Å². The molecule has 120 valence electrons. The van der Waals surface area contributed by atoms with E-state index in [9.17, 15) is 14.3 Å². The van der Waals surface area contributed by atoms with E-state index in [-0.39, 0.29) is 23.5 Å². The maximum Gasteiger partial charge on any atom is 0.253 e. The molecule has 1 unspecified atom stereocenters. The smallest absolute Gasteiger partial charge is 0.253 e. The van der Waals surface area contributed by atoms with Gasteiger partial charge in [0.1, 0.15) is 11.6 Å². The highest BCUT2D eigenvalue weighted by Crippen LogP contribution is 2.35. The molecule has 0 saturated carbocycles. The van der Waals surface area contributed by atoms with Crippen molar-refractivity contribution in [2.45, 2.75) is 46.1 Å². The lowest BCUT2D eigenvalue weighted by atomic mass is 9.92. The summed E-state index contributed by atoms with van der Waals surface area (Å²) in [5.41, 5.74) is 1.36. The molecule has 2 rings (SSSR count). The second kappa shape index (κ2) is 6.95. The van der Waals surface area contributed by atoms with Gasteiger partial charge in [-0.1, -0.05) is 32.9 Å². The molecule has 1 N–H and O–H groups in total. The molecule has 1 aliphatic heterocycles. The summed E-state index contributed by atoms with van der Waals surface area (Å²) in [5.74, 6) is 0.267. The average molecular weight is 305 g/mol. The first-order chi connectivity index (χ1) is 10.4. The molecule has 0 aromatic heterocycles. The normalized spacial score (nSPS) is 19.2. The molecule has 0 spiro atoms. The number of nitrogens with zero attached hydrogens (tertiary/aromatic N) is 1. The van der Waals surface area contributed by atoms with Gasteiger partial charge in [0.15, 0.2) is 0 Å². The van der Waals surface area contributed by atoms with Gasteiger partial charge in [0.05, 0.1) is 11.6 Å². The predicted octanol–water partition coefficient (Wildman–Crippen LogP) is 4.37. The van der Waals surface area contributed by atoms with E-state index < -0.39 is 0 Å². The second-order valence-corrected chi connectivity index (χ2v) is 6.23. The lowest BCUT2D eigenvalue weighted by molar-refractivity contribution is -0.131. The Kier molecular flexibility index (Phi) is 5.22. The standard InChI is InChI=1S/C18H24FNO2/c1-4-15-17(21)11-16(13-5-7-14(19)8-6-13)20(18(15)22)10-9-12(2)3/h5-8,12,16,21H,4,9-11H2,1-3H3. The van der Waals surface area contributed by atoms with Gasteiger partial charge < -0.3 is 10.0 Å². The van der Waals surface area contributed by atoms with Gasteiger partial charge in [-0.2, -0.15) is 0 Å². The molecule has 1 aliphatic rings. The highest BCUT2D eigenvalue weighted by molar-refractivity contribution is 5.95. The first-order valence-electron chi connectivity index (χ1n) is 7.91. The fraction of sp³-hybridized carbons (Fsp3) is 0.500. The Hall–Kier alpha value is -1.84. The van der Waals surface area contributed by atoms with E-state index in [4.69, 9.17) is 0 Å². The van der Waals surface area contributed by atoms with E-state index in [1.807, 2.05) is 11.8 Å². The third kappa shape index (κ3) is 3.49. The van der Waals surface area contributed by atoms with Crippen molar-refractivity contribution in [1.29, 1.82) is 0 Å². The number of benzene rings is 1. The van der Waals surface area contributed by atoms with Crippen LogP contribution in [0, 0.1) is 11.7 Å². The Morgan fingerprint density at radius 3 is 2.50 bits per heavy atom. The summed E-state index contributed by atoms with van der Waals surface area (Å²) < 4.78 is 13.1. The van der Waals surface area contributed by atoms with Crippen molar-refractivity contribution < 1.29 is 14.3 Å². The summed E-state index contributed by atoms with van der Waals surface area (Å²) in [6.45, 7) is 6.77. The van der Waals surface area contributed by atoms with Crippen molar-refractivity contribution in [3.05, 3.63) is 47.0 Å². The zero-order valence-electron chi connectivity index (χ0n) is 13.5. The molecular formula is C18H24FNO2. The van der Waals surface area contributed by atoms with Gasteiger partial charge in [-0.25, -0.2) is 4.39 Å². The summed E-state index contributed by atoms with van der Waals surface area (Å²) in [7, 11) is 0. The van der Waals surface area contributed by atoms with Crippen molar-refractivity contribution in [1.82, 2.24) is 4.90 Å². The molecule has 22 heavy (non-hydrogen) atoms. The van der Waals surface area contributed by atoms with Crippen molar-refractivity contribution in [2.75, 3.05) is 6.54 Å². The van der Waals surface area contributed by atoms with Gasteiger partial charge in [-0.3, -0.25) is 4.79 Å². The Labute approximate surface area is 131 Å². The molecule has 1 amide bonds. The quantitative estimate of drug-likeness (QED) is 0.877. The summed E-state index contributed by atoms with van der Waals surface area (Å²) in [6.07, 6.45) is 1.83. The molecule has 0 aliphatic carbocycles. The summed E-state index contributed by atoms with van der Waals surface area (Å²) in [4.78, 5) is 14.5. The van der Waals surface area contributed by atoms with Crippen molar-refractivity contribution in [3.8, 4) is 0 Å². The van der Waals surface area contributed by atoms with Crippen LogP contribution >= 0.6 is 0 Å². The summed E-state index contributed by atoms with van der Waals surface area (Å²) in [5, 5.41) is 10.2.